The van der Waals surface area contributed by atoms with Crippen LogP contribution in [0.4, 0.5) is 5.69 Å². The molecule has 5 rings (SSSR count). The van der Waals surface area contributed by atoms with Crippen molar-refractivity contribution in [1.82, 2.24) is 15.3 Å². The average Bonchev–Trinajstić information content (AvgIpc) is 3.40. The number of H-pyrrole nitrogens is 1. The summed E-state index contributed by atoms with van der Waals surface area (Å²) in [5.41, 5.74) is 5.54. The van der Waals surface area contributed by atoms with E-state index in [0.717, 1.165) is 54.5 Å². The van der Waals surface area contributed by atoms with Crippen molar-refractivity contribution in [2.45, 2.75) is 6.54 Å². The van der Waals surface area contributed by atoms with E-state index in [4.69, 9.17) is 27.9 Å². The monoisotopic (exact) mass is 506 g/mol. The van der Waals surface area contributed by atoms with Crippen molar-refractivity contribution in [3.63, 3.8) is 0 Å². The van der Waals surface area contributed by atoms with Gasteiger partial charge in [-0.25, -0.2) is 4.98 Å². The third-order valence-electron chi connectivity index (χ3n) is 6.01. The van der Waals surface area contributed by atoms with Crippen molar-refractivity contribution in [3.05, 3.63) is 94.1 Å². The van der Waals surface area contributed by atoms with Crippen LogP contribution in [-0.2, 0) is 11.3 Å². The van der Waals surface area contributed by atoms with Gasteiger partial charge in [-0.15, -0.1) is 0 Å². The van der Waals surface area contributed by atoms with Gasteiger partial charge in [0, 0.05) is 30.9 Å². The van der Waals surface area contributed by atoms with E-state index in [2.05, 4.69) is 44.5 Å². The van der Waals surface area contributed by atoms with Crippen molar-refractivity contribution in [1.29, 1.82) is 0 Å². The minimum atomic E-state index is -0.267. The van der Waals surface area contributed by atoms with Gasteiger partial charge in [0.25, 0.3) is 5.91 Å². The highest BCUT2D eigenvalue weighted by molar-refractivity contribution is 6.43. The number of anilines is 1. The molecule has 1 aliphatic heterocycles. The molecule has 0 bridgehead atoms. The molecule has 4 aromatic rings. The second kappa shape index (κ2) is 10.5. The van der Waals surface area contributed by atoms with E-state index in [0.29, 0.717) is 17.1 Å². The Balaban J connectivity index is 1.22. The number of nitrogens with one attached hydrogen (secondary N) is 2. The summed E-state index contributed by atoms with van der Waals surface area (Å²) in [6, 6.07) is 21.4. The molecule has 2 heterocycles. The van der Waals surface area contributed by atoms with E-state index in [1.165, 1.54) is 5.69 Å². The van der Waals surface area contributed by atoms with Crippen LogP contribution in [0.25, 0.3) is 22.6 Å². The molecule has 1 amide bonds. The van der Waals surface area contributed by atoms with Crippen molar-refractivity contribution in [2.24, 2.45) is 0 Å². The second-order valence-electron chi connectivity index (χ2n) is 8.27. The summed E-state index contributed by atoms with van der Waals surface area (Å²) in [6.45, 7) is 3.75. The average molecular weight is 507 g/mol. The van der Waals surface area contributed by atoms with Crippen LogP contribution in [-0.4, -0.2) is 42.2 Å². The minimum Gasteiger partial charge on any atom is -0.378 e. The van der Waals surface area contributed by atoms with Gasteiger partial charge in [0.2, 0.25) is 0 Å². The summed E-state index contributed by atoms with van der Waals surface area (Å²) in [5, 5.41) is 3.49. The number of benzene rings is 3. The number of carbonyl (C=O) groups excluding carboxylic acids is 1. The predicted molar refractivity (Wildman–Crippen MR) is 140 cm³/mol. The Morgan fingerprint density at radius 2 is 1.69 bits per heavy atom. The van der Waals surface area contributed by atoms with Crippen molar-refractivity contribution < 1.29 is 9.53 Å². The summed E-state index contributed by atoms with van der Waals surface area (Å²) in [6.07, 6.45) is 1.85. The van der Waals surface area contributed by atoms with Crippen LogP contribution in [0.2, 0.25) is 10.0 Å². The zero-order valence-corrected chi connectivity index (χ0v) is 20.4. The fraction of sp³-hybridized carbons (Fsp3) is 0.185. The van der Waals surface area contributed by atoms with Crippen LogP contribution in [0.5, 0.6) is 0 Å². The topological polar surface area (TPSA) is 70.2 Å². The lowest BCUT2D eigenvalue weighted by Gasteiger charge is -2.28. The summed E-state index contributed by atoms with van der Waals surface area (Å²) in [4.78, 5) is 22.7. The first kappa shape index (κ1) is 23.4. The normalized spacial score (nSPS) is 13.6. The standard InChI is InChI=1S/C27H24Cl2N4O2/c28-23-3-1-2-22(25(23)29)27(34)31-16-18-4-6-20(7-5-18)26-30-17-24(32-26)19-8-10-21(11-9-19)33-12-14-35-15-13-33/h1-11,17H,12-16H2,(H,30,32)(H,31,34). The number of carbonyl (C=O) groups is 1. The van der Waals surface area contributed by atoms with E-state index in [1.54, 1.807) is 18.2 Å². The summed E-state index contributed by atoms with van der Waals surface area (Å²) < 4.78 is 5.43. The summed E-state index contributed by atoms with van der Waals surface area (Å²) in [7, 11) is 0. The zero-order valence-electron chi connectivity index (χ0n) is 18.9. The molecular weight excluding hydrogens is 483 g/mol. The molecule has 1 aliphatic rings. The van der Waals surface area contributed by atoms with Crippen LogP contribution in [0.3, 0.4) is 0 Å². The highest BCUT2D eigenvalue weighted by Gasteiger charge is 2.13. The number of hydrogen-bond acceptors (Lipinski definition) is 4. The first-order valence-corrected chi connectivity index (χ1v) is 12.1. The summed E-state index contributed by atoms with van der Waals surface area (Å²) >= 11 is 12.1. The predicted octanol–water partition coefficient (Wildman–Crippen LogP) is 5.82. The molecule has 8 heteroatoms. The number of aromatic nitrogens is 2. The molecule has 0 radical (unpaired) electrons. The molecule has 0 saturated carbocycles. The van der Waals surface area contributed by atoms with Gasteiger partial charge in [0.15, 0.2) is 0 Å². The van der Waals surface area contributed by atoms with Gasteiger partial charge in [-0.2, -0.15) is 0 Å². The molecule has 1 fully saturated rings. The first-order valence-electron chi connectivity index (χ1n) is 11.4. The van der Waals surface area contributed by atoms with E-state index < -0.39 is 0 Å². The van der Waals surface area contributed by atoms with Crippen LogP contribution < -0.4 is 10.2 Å². The number of morpholine rings is 1. The van der Waals surface area contributed by atoms with Crippen LogP contribution in [0.1, 0.15) is 15.9 Å². The molecule has 0 unspecified atom stereocenters. The molecule has 178 valence electrons. The molecule has 2 N–H and O–H groups in total. The van der Waals surface area contributed by atoms with E-state index in [-0.39, 0.29) is 10.9 Å². The second-order valence-corrected chi connectivity index (χ2v) is 9.06. The third kappa shape index (κ3) is 5.35. The molecule has 35 heavy (non-hydrogen) atoms. The van der Waals surface area contributed by atoms with Gasteiger partial charge in [0.05, 0.1) is 40.7 Å². The molecule has 0 spiro atoms. The molecular formula is C27H24Cl2N4O2. The Kier molecular flexibility index (Phi) is 7.04. The number of halogens is 2. The van der Waals surface area contributed by atoms with Gasteiger partial charge in [0.1, 0.15) is 5.82 Å². The van der Waals surface area contributed by atoms with Crippen molar-refractivity contribution in [2.75, 3.05) is 31.2 Å². The maximum absolute atomic E-state index is 12.5. The lowest BCUT2D eigenvalue weighted by atomic mass is 10.1. The Bertz CT molecular complexity index is 1310. The lowest BCUT2D eigenvalue weighted by molar-refractivity contribution is 0.0951. The number of aromatic amines is 1. The number of nitrogens with zero attached hydrogens (tertiary/aromatic N) is 2. The zero-order chi connectivity index (χ0) is 24.2. The van der Waals surface area contributed by atoms with Gasteiger partial charge in [-0.1, -0.05) is 65.7 Å². The van der Waals surface area contributed by atoms with Crippen LogP contribution >= 0.6 is 23.2 Å². The Morgan fingerprint density at radius 3 is 2.43 bits per heavy atom. The van der Waals surface area contributed by atoms with Crippen molar-refractivity contribution in [3.8, 4) is 22.6 Å². The molecule has 6 nitrogen and oxygen atoms in total. The van der Waals surface area contributed by atoms with E-state index in [9.17, 15) is 4.79 Å². The quantitative estimate of drug-likeness (QED) is 0.345. The molecule has 0 atom stereocenters. The number of imidazole rings is 1. The van der Waals surface area contributed by atoms with Crippen LogP contribution in [0.15, 0.2) is 72.9 Å². The number of amides is 1. The fourth-order valence-electron chi connectivity index (χ4n) is 4.03. The smallest absolute Gasteiger partial charge is 0.253 e. The Labute approximate surface area is 213 Å². The minimum absolute atomic E-state index is 0.256. The maximum atomic E-state index is 12.5. The molecule has 3 aromatic carbocycles. The number of ether oxygens (including phenoxy) is 1. The first-order chi connectivity index (χ1) is 17.1. The van der Waals surface area contributed by atoms with Crippen LogP contribution in [0, 0.1) is 0 Å². The number of rotatable bonds is 6. The summed E-state index contributed by atoms with van der Waals surface area (Å²) in [5.74, 6) is 0.524. The Hall–Kier alpha value is -3.32. The van der Waals surface area contributed by atoms with E-state index >= 15 is 0 Å². The SMILES string of the molecule is O=C(NCc1ccc(-c2ncc(-c3ccc(N4CCOCC4)cc3)[nH]2)cc1)c1cccc(Cl)c1Cl. The largest absolute Gasteiger partial charge is 0.378 e. The lowest BCUT2D eigenvalue weighted by Crippen LogP contribution is -2.36. The van der Waals surface area contributed by atoms with Crippen molar-refractivity contribution >= 4 is 34.8 Å². The highest BCUT2D eigenvalue weighted by atomic mass is 35.5. The van der Waals surface area contributed by atoms with Gasteiger partial charge in [-0.05, 0) is 35.4 Å². The van der Waals surface area contributed by atoms with Gasteiger partial charge >= 0.3 is 0 Å². The maximum Gasteiger partial charge on any atom is 0.253 e. The molecule has 0 aliphatic carbocycles. The Morgan fingerprint density at radius 1 is 0.971 bits per heavy atom. The third-order valence-corrected chi connectivity index (χ3v) is 6.83. The molecule has 1 saturated heterocycles. The highest BCUT2D eigenvalue weighted by Crippen LogP contribution is 2.27. The van der Waals surface area contributed by atoms with E-state index in [1.807, 2.05) is 30.5 Å². The van der Waals surface area contributed by atoms with Gasteiger partial charge < -0.3 is 19.9 Å². The molecule has 1 aromatic heterocycles. The number of hydrogen-bond donors (Lipinski definition) is 2. The fourth-order valence-corrected chi connectivity index (χ4v) is 4.41. The van der Waals surface area contributed by atoms with Gasteiger partial charge in [-0.3, -0.25) is 4.79 Å².